The molecular formula is C17H22N2. The summed E-state index contributed by atoms with van der Waals surface area (Å²) in [7, 11) is 3.95. The second kappa shape index (κ2) is 5.89. The van der Waals surface area contributed by atoms with Gasteiger partial charge in [-0.15, -0.1) is 0 Å². The van der Waals surface area contributed by atoms with Gasteiger partial charge in [-0.3, -0.25) is 0 Å². The van der Waals surface area contributed by atoms with Crippen molar-refractivity contribution in [2.75, 3.05) is 19.4 Å². The largest absolute Gasteiger partial charge is 0.388 e. The summed E-state index contributed by atoms with van der Waals surface area (Å²) in [5.41, 5.74) is 6.40. The van der Waals surface area contributed by atoms with E-state index in [0.717, 1.165) is 5.69 Å². The Balaban J connectivity index is 2.37. The van der Waals surface area contributed by atoms with Crippen LogP contribution in [0.25, 0.3) is 0 Å². The van der Waals surface area contributed by atoms with Crippen molar-refractivity contribution in [3.05, 3.63) is 64.7 Å². The summed E-state index contributed by atoms with van der Waals surface area (Å²) in [6, 6.07) is 15.4. The van der Waals surface area contributed by atoms with Crippen molar-refractivity contribution < 1.29 is 0 Å². The van der Waals surface area contributed by atoms with Gasteiger partial charge in [0.05, 0.1) is 6.04 Å². The molecule has 0 aliphatic carbocycles. The summed E-state index contributed by atoms with van der Waals surface area (Å²) in [6.45, 7) is 4.31. The van der Waals surface area contributed by atoms with E-state index in [1.807, 2.05) is 14.1 Å². The Kier molecular flexibility index (Phi) is 4.23. The summed E-state index contributed by atoms with van der Waals surface area (Å²) >= 11 is 0. The van der Waals surface area contributed by atoms with Crippen molar-refractivity contribution in [3.8, 4) is 0 Å². The molecule has 0 fully saturated rings. The van der Waals surface area contributed by atoms with E-state index in [2.05, 4.69) is 66.9 Å². The van der Waals surface area contributed by atoms with Crippen LogP contribution in [0.3, 0.4) is 0 Å². The molecule has 0 aliphatic rings. The molecule has 19 heavy (non-hydrogen) atoms. The van der Waals surface area contributed by atoms with Crippen molar-refractivity contribution in [2.45, 2.75) is 19.9 Å². The number of aryl methyl sites for hydroxylation is 2. The van der Waals surface area contributed by atoms with Gasteiger partial charge in [-0.05, 0) is 49.7 Å². The third kappa shape index (κ3) is 2.96. The number of anilines is 1. The van der Waals surface area contributed by atoms with Gasteiger partial charge in [-0.1, -0.05) is 35.9 Å². The topological polar surface area (TPSA) is 24.1 Å². The Morgan fingerprint density at radius 2 is 1.58 bits per heavy atom. The molecule has 2 aromatic carbocycles. The second-order valence-corrected chi connectivity index (χ2v) is 4.95. The molecule has 0 amide bonds. The van der Waals surface area contributed by atoms with Crippen molar-refractivity contribution in [1.82, 2.24) is 5.32 Å². The third-order valence-corrected chi connectivity index (χ3v) is 3.56. The van der Waals surface area contributed by atoms with E-state index < -0.39 is 0 Å². The van der Waals surface area contributed by atoms with Gasteiger partial charge in [-0.2, -0.15) is 0 Å². The Bertz CT molecular complexity index is 544. The fourth-order valence-corrected chi connectivity index (χ4v) is 2.49. The predicted octanol–water partition coefficient (Wildman–Crippen LogP) is 3.65. The Labute approximate surface area is 115 Å². The molecule has 0 aliphatic heterocycles. The lowest BCUT2D eigenvalue weighted by atomic mass is 9.94. The molecule has 2 N–H and O–H groups in total. The van der Waals surface area contributed by atoms with E-state index in [-0.39, 0.29) is 6.04 Å². The van der Waals surface area contributed by atoms with Gasteiger partial charge >= 0.3 is 0 Å². The molecule has 2 nitrogen and oxygen atoms in total. The first-order chi connectivity index (χ1) is 9.15. The van der Waals surface area contributed by atoms with E-state index in [1.165, 1.54) is 22.3 Å². The minimum Gasteiger partial charge on any atom is -0.388 e. The number of hydrogen-bond acceptors (Lipinski definition) is 2. The summed E-state index contributed by atoms with van der Waals surface area (Å²) in [6.07, 6.45) is 0. The molecule has 2 heteroatoms. The van der Waals surface area contributed by atoms with E-state index in [0.29, 0.717) is 0 Å². The van der Waals surface area contributed by atoms with Crippen molar-refractivity contribution in [3.63, 3.8) is 0 Å². The van der Waals surface area contributed by atoms with Crippen LogP contribution in [0.15, 0.2) is 42.5 Å². The first-order valence-corrected chi connectivity index (χ1v) is 6.68. The van der Waals surface area contributed by atoms with Crippen LogP contribution in [0.4, 0.5) is 5.69 Å². The highest BCUT2D eigenvalue weighted by Gasteiger charge is 2.13. The average molecular weight is 254 g/mol. The lowest BCUT2D eigenvalue weighted by molar-refractivity contribution is 0.687. The first kappa shape index (κ1) is 13.6. The summed E-state index contributed by atoms with van der Waals surface area (Å²) < 4.78 is 0. The van der Waals surface area contributed by atoms with E-state index in [4.69, 9.17) is 0 Å². The van der Waals surface area contributed by atoms with Crippen molar-refractivity contribution in [2.24, 2.45) is 0 Å². The maximum atomic E-state index is 3.41. The van der Waals surface area contributed by atoms with Crippen LogP contribution in [0.5, 0.6) is 0 Å². The molecule has 0 bridgehead atoms. The first-order valence-electron chi connectivity index (χ1n) is 6.68. The van der Waals surface area contributed by atoms with E-state index >= 15 is 0 Å². The zero-order chi connectivity index (χ0) is 13.8. The summed E-state index contributed by atoms with van der Waals surface area (Å²) in [5.74, 6) is 0. The Hall–Kier alpha value is -1.80. The van der Waals surface area contributed by atoms with Gasteiger partial charge in [-0.25, -0.2) is 0 Å². The zero-order valence-electron chi connectivity index (χ0n) is 12.1. The number of benzene rings is 2. The maximum Gasteiger partial charge on any atom is 0.0576 e. The van der Waals surface area contributed by atoms with Crippen LogP contribution in [-0.4, -0.2) is 14.1 Å². The Morgan fingerprint density at radius 3 is 2.11 bits per heavy atom. The minimum absolute atomic E-state index is 0.242. The monoisotopic (exact) mass is 254 g/mol. The molecule has 0 saturated carbocycles. The molecule has 2 rings (SSSR count). The molecule has 0 heterocycles. The molecule has 0 spiro atoms. The molecule has 100 valence electrons. The fourth-order valence-electron chi connectivity index (χ4n) is 2.49. The predicted molar refractivity (Wildman–Crippen MR) is 82.8 cm³/mol. The van der Waals surface area contributed by atoms with Crippen LogP contribution in [0, 0.1) is 13.8 Å². The molecule has 1 atom stereocenters. The lowest BCUT2D eigenvalue weighted by Gasteiger charge is -2.20. The number of rotatable bonds is 4. The molecule has 0 radical (unpaired) electrons. The fraction of sp³-hybridized carbons (Fsp3) is 0.294. The molecule has 2 aromatic rings. The molecule has 1 unspecified atom stereocenters. The Morgan fingerprint density at radius 1 is 0.895 bits per heavy atom. The van der Waals surface area contributed by atoms with E-state index in [9.17, 15) is 0 Å². The van der Waals surface area contributed by atoms with Crippen LogP contribution < -0.4 is 10.6 Å². The van der Waals surface area contributed by atoms with Gasteiger partial charge in [0.25, 0.3) is 0 Å². The van der Waals surface area contributed by atoms with Crippen molar-refractivity contribution in [1.29, 1.82) is 0 Å². The van der Waals surface area contributed by atoms with Crippen LogP contribution in [0.2, 0.25) is 0 Å². The smallest absolute Gasteiger partial charge is 0.0576 e. The second-order valence-electron chi connectivity index (χ2n) is 4.95. The van der Waals surface area contributed by atoms with Gasteiger partial charge in [0.2, 0.25) is 0 Å². The van der Waals surface area contributed by atoms with Gasteiger partial charge in [0.1, 0.15) is 0 Å². The molecule has 0 aromatic heterocycles. The summed E-state index contributed by atoms with van der Waals surface area (Å²) in [5, 5.41) is 6.56. The molecular weight excluding hydrogens is 232 g/mol. The van der Waals surface area contributed by atoms with Gasteiger partial charge < -0.3 is 10.6 Å². The SMILES string of the molecule is CNc1ccc(C(NC)c2ccc(C)cc2C)cc1. The zero-order valence-corrected chi connectivity index (χ0v) is 12.1. The standard InChI is InChI=1S/C17H22N2/c1-12-5-10-16(13(2)11-12)17(19-4)14-6-8-15(18-3)9-7-14/h5-11,17-19H,1-4H3. The average Bonchev–Trinajstić information content (AvgIpc) is 2.42. The molecule has 0 saturated heterocycles. The lowest BCUT2D eigenvalue weighted by Crippen LogP contribution is -2.18. The highest BCUT2D eigenvalue weighted by Crippen LogP contribution is 2.26. The maximum absolute atomic E-state index is 3.41. The van der Waals surface area contributed by atoms with Crippen LogP contribution in [-0.2, 0) is 0 Å². The quantitative estimate of drug-likeness (QED) is 0.870. The van der Waals surface area contributed by atoms with Crippen LogP contribution in [0.1, 0.15) is 28.3 Å². The van der Waals surface area contributed by atoms with E-state index in [1.54, 1.807) is 0 Å². The normalized spacial score (nSPS) is 12.2. The number of hydrogen-bond donors (Lipinski definition) is 2. The number of nitrogens with one attached hydrogen (secondary N) is 2. The van der Waals surface area contributed by atoms with Crippen molar-refractivity contribution >= 4 is 5.69 Å². The highest BCUT2D eigenvalue weighted by atomic mass is 14.9. The van der Waals surface area contributed by atoms with Gasteiger partial charge in [0, 0.05) is 12.7 Å². The van der Waals surface area contributed by atoms with Crippen LogP contribution >= 0.6 is 0 Å². The third-order valence-electron chi connectivity index (χ3n) is 3.56. The van der Waals surface area contributed by atoms with Gasteiger partial charge in [0.15, 0.2) is 0 Å². The highest BCUT2D eigenvalue weighted by molar-refractivity contribution is 5.47. The summed E-state index contributed by atoms with van der Waals surface area (Å²) in [4.78, 5) is 0. The minimum atomic E-state index is 0.242.